The van der Waals surface area contributed by atoms with Gasteiger partial charge in [0.1, 0.15) is 11.7 Å². The molecule has 0 radical (unpaired) electrons. The van der Waals surface area contributed by atoms with Crippen LogP contribution in [0.4, 0.5) is 23.2 Å². The molecule has 0 spiro atoms. The fraction of sp³-hybridized carbons (Fsp3) is 0.385. The van der Waals surface area contributed by atoms with Crippen LogP contribution in [-0.4, -0.2) is 36.2 Å². The number of alkyl halides is 4. The van der Waals surface area contributed by atoms with Crippen molar-refractivity contribution < 1.29 is 31.9 Å². The second-order valence-corrected chi connectivity index (χ2v) is 4.52. The van der Waals surface area contributed by atoms with Crippen molar-refractivity contribution in [2.24, 2.45) is 0 Å². The van der Waals surface area contributed by atoms with Gasteiger partial charge in [-0.1, -0.05) is 12.1 Å². The van der Waals surface area contributed by atoms with E-state index in [1.54, 1.807) is 5.32 Å². The molecule has 1 aromatic rings. The zero-order valence-corrected chi connectivity index (χ0v) is 12.6. The van der Waals surface area contributed by atoms with E-state index < -0.39 is 41.1 Å². The summed E-state index contributed by atoms with van der Waals surface area (Å²) in [5.41, 5.74) is -4.32. The van der Waals surface area contributed by atoms with Gasteiger partial charge in [0.05, 0.1) is 12.3 Å². The van der Waals surface area contributed by atoms with Gasteiger partial charge in [0.25, 0.3) is 0 Å². The Kier molecular flexibility index (Phi) is 6.20. The number of hydrogen-bond donors (Lipinski definition) is 2. The zero-order chi connectivity index (χ0) is 17.7. The maximum Gasteiger partial charge on any atom is 0.441 e. The van der Waals surface area contributed by atoms with E-state index >= 15 is 0 Å². The highest BCUT2D eigenvalue weighted by atomic mass is 35.5. The number of rotatable bonds is 6. The molecular formula is C13H13ClF4N2O3. The van der Waals surface area contributed by atoms with Crippen LogP contribution in [0.15, 0.2) is 24.3 Å². The van der Waals surface area contributed by atoms with Crippen molar-refractivity contribution in [3.8, 4) is 0 Å². The predicted octanol–water partition coefficient (Wildman–Crippen LogP) is 2.41. The van der Waals surface area contributed by atoms with Gasteiger partial charge in [0.2, 0.25) is 5.91 Å². The van der Waals surface area contributed by atoms with Gasteiger partial charge >= 0.3 is 17.8 Å². The molecule has 0 fully saturated rings. The van der Waals surface area contributed by atoms with E-state index in [2.05, 4.69) is 4.74 Å². The molecule has 1 amide bonds. The van der Waals surface area contributed by atoms with Crippen LogP contribution in [0.5, 0.6) is 0 Å². The molecule has 2 N–H and O–H groups in total. The largest absolute Gasteiger partial charge is 0.463 e. The highest BCUT2D eigenvalue weighted by molar-refractivity contribution is 6.27. The molecule has 0 saturated heterocycles. The molecule has 1 rings (SSSR count). The van der Waals surface area contributed by atoms with Gasteiger partial charge in [0, 0.05) is 0 Å². The molecule has 5 nitrogen and oxygen atoms in total. The number of amides is 1. The Bertz CT molecular complexity index is 583. The zero-order valence-electron chi connectivity index (χ0n) is 11.8. The van der Waals surface area contributed by atoms with E-state index in [0.717, 1.165) is 12.1 Å². The van der Waals surface area contributed by atoms with E-state index in [0.29, 0.717) is 0 Å². The fourth-order valence-electron chi connectivity index (χ4n) is 1.64. The Balaban J connectivity index is 3.39. The molecular weight excluding hydrogens is 344 g/mol. The topological polar surface area (TPSA) is 67.4 Å². The van der Waals surface area contributed by atoms with E-state index in [1.165, 1.54) is 24.4 Å². The first kappa shape index (κ1) is 19.0. The maximum absolute atomic E-state index is 13.7. The summed E-state index contributed by atoms with van der Waals surface area (Å²) in [7, 11) is 0. The van der Waals surface area contributed by atoms with Gasteiger partial charge < -0.3 is 15.4 Å². The smallest absolute Gasteiger partial charge is 0.441 e. The molecule has 10 heteroatoms. The summed E-state index contributed by atoms with van der Waals surface area (Å²) in [6.07, 6.45) is -5.33. The lowest BCUT2D eigenvalue weighted by atomic mass is 10.1. The van der Waals surface area contributed by atoms with E-state index in [1.807, 2.05) is 0 Å². The summed E-state index contributed by atoms with van der Waals surface area (Å²) in [5, 5.41) is 3.12. The molecule has 0 unspecified atom stereocenters. The highest BCUT2D eigenvalue weighted by Gasteiger charge is 2.63. The Labute approximate surface area is 133 Å². The van der Waals surface area contributed by atoms with Crippen molar-refractivity contribution in [1.29, 1.82) is 0 Å². The van der Waals surface area contributed by atoms with Crippen molar-refractivity contribution in [2.45, 2.75) is 18.8 Å². The molecule has 0 bridgehead atoms. The summed E-state index contributed by atoms with van der Waals surface area (Å²) in [6, 6.07) is 4.36. The van der Waals surface area contributed by atoms with Crippen molar-refractivity contribution in [1.82, 2.24) is 5.32 Å². The third-order valence-corrected chi connectivity index (χ3v) is 2.89. The number of anilines is 1. The first-order chi connectivity index (χ1) is 10.7. The molecule has 23 heavy (non-hydrogen) atoms. The molecule has 0 heterocycles. The van der Waals surface area contributed by atoms with Crippen LogP contribution >= 0.6 is 11.6 Å². The maximum atomic E-state index is 13.7. The standard InChI is InChI=1S/C13H13ClF4N2O3/c1-2-23-11(22)12(13(16,17)18,20-10(21)7-14)19-9-6-4-3-5-8(9)15/h3-6,19H,2,7H2,1H3,(H,20,21)/t12-/m0/s1. The van der Waals surface area contributed by atoms with Gasteiger partial charge in [0.15, 0.2) is 0 Å². The number of nitrogens with one attached hydrogen (secondary N) is 2. The Morgan fingerprint density at radius 2 is 1.87 bits per heavy atom. The van der Waals surface area contributed by atoms with Gasteiger partial charge in [-0.2, -0.15) is 13.2 Å². The third-order valence-electron chi connectivity index (χ3n) is 2.65. The van der Waals surface area contributed by atoms with Crippen LogP contribution in [0, 0.1) is 5.82 Å². The average molecular weight is 357 g/mol. The normalized spacial score (nSPS) is 13.8. The lowest BCUT2D eigenvalue weighted by Crippen LogP contribution is -2.69. The molecule has 128 valence electrons. The Morgan fingerprint density at radius 1 is 1.26 bits per heavy atom. The van der Waals surface area contributed by atoms with Crippen LogP contribution in [0.25, 0.3) is 0 Å². The van der Waals surface area contributed by atoms with Crippen molar-refractivity contribution >= 4 is 29.2 Å². The summed E-state index contributed by atoms with van der Waals surface area (Å²) in [4.78, 5) is 23.3. The molecule has 0 aliphatic carbocycles. The van der Waals surface area contributed by atoms with Crippen LogP contribution in [-0.2, 0) is 14.3 Å². The second kappa shape index (κ2) is 7.49. The molecule has 1 atom stereocenters. The quantitative estimate of drug-likeness (QED) is 0.355. The summed E-state index contributed by atoms with van der Waals surface area (Å²) >= 11 is 5.19. The third kappa shape index (κ3) is 4.25. The van der Waals surface area contributed by atoms with E-state index in [4.69, 9.17) is 11.6 Å². The number of carbonyl (C=O) groups excluding carboxylic acids is 2. The van der Waals surface area contributed by atoms with Crippen LogP contribution in [0.1, 0.15) is 6.92 Å². The molecule has 0 aromatic heterocycles. The van der Waals surface area contributed by atoms with Crippen molar-refractivity contribution in [3.05, 3.63) is 30.1 Å². The number of hydrogen-bond acceptors (Lipinski definition) is 4. The minimum Gasteiger partial charge on any atom is -0.463 e. The number of carbonyl (C=O) groups is 2. The molecule has 0 saturated carbocycles. The number of halogens is 5. The minimum absolute atomic E-state index is 0.383. The van der Waals surface area contributed by atoms with E-state index in [9.17, 15) is 27.2 Å². The van der Waals surface area contributed by atoms with Crippen molar-refractivity contribution in [3.63, 3.8) is 0 Å². The first-order valence-corrected chi connectivity index (χ1v) is 6.85. The Morgan fingerprint density at radius 3 is 2.35 bits per heavy atom. The summed E-state index contributed by atoms with van der Waals surface area (Å²) in [5.74, 6) is -5.02. The second-order valence-electron chi connectivity index (χ2n) is 4.25. The van der Waals surface area contributed by atoms with Gasteiger partial charge in [-0.15, -0.1) is 11.6 Å². The predicted molar refractivity (Wildman–Crippen MR) is 74.3 cm³/mol. The molecule has 0 aliphatic rings. The average Bonchev–Trinajstić information content (AvgIpc) is 2.47. The first-order valence-electron chi connectivity index (χ1n) is 6.31. The number of benzene rings is 1. The summed E-state index contributed by atoms with van der Waals surface area (Å²) < 4.78 is 58.6. The van der Waals surface area contributed by atoms with Gasteiger partial charge in [-0.25, -0.2) is 9.18 Å². The van der Waals surface area contributed by atoms with Crippen LogP contribution < -0.4 is 10.6 Å². The monoisotopic (exact) mass is 356 g/mol. The number of para-hydroxylation sites is 1. The fourth-order valence-corrected chi connectivity index (χ4v) is 1.70. The van der Waals surface area contributed by atoms with Gasteiger partial charge in [-0.05, 0) is 19.1 Å². The molecule has 0 aliphatic heterocycles. The molecule has 1 aromatic carbocycles. The van der Waals surface area contributed by atoms with Gasteiger partial charge in [-0.3, -0.25) is 4.79 Å². The summed E-state index contributed by atoms with van der Waals surface area (Å²) in [6.45, 7) is 0.901. The lowest BCUT2D eigenvalue weighted by Gasteiger charge is -2.35. The highest BCUT2D eigenvalue weighted by Crippen LogP contribution is 2.33. The number of ether oxygens (including phenoxy) is 1. The van der Waals surface area contributed by atoms with Crippen LogP contribution in [0.3, 0.4) is 0 Å². The number of esters is 1. The van der Waals surface area contributed by atoms with E-state index in [-0.39, 0.29) is 6.61 Å². The van der Waals surface area contributed by atoms with Crippen LogP contribution in [0.2, 0.25) is 0 Å². The Hall–Kier alpha value is -2.03. The SMILES string of the molecule is CCOC(=O)[C@@](NC(=O)CCl)(Nc1ccccc1F)C(F)(F)F. The minimum atomic E-state index is -5.33. The lowest BCUT2D eigenvalue weighted by molar-refractivity contribution is -0.207. The van der Waals surface area contributed by atoms with Crippen molar-refractivity contribution in [2.75, 3.05) is 17.8 Å².